The molecule has 1 aliphatic carbocycles. The summed E-state index contributed by atoms with van der Waals surface area (Å²) in [6.07, 6.45) is 6.11. The van der Waals surface area contributed by atoms with Crippen molar-refractivity contribution in [3.8, 4) is 22.8 Å². The maximum absolute atomic E-state index is 13.9. The van der Waals surface area contributed by atoms with Crippen molar-refractivity contribution in [2.45, 2.75) is 72.3 Å². The molecule has 0 bridgehead atoms. The van der Waals surface area contributed by atoms with Gasteiger partial charge in [-0.3, -0.25) is 14.9 Å². The van der Waals surface area contributed by atoms with Gasteiger partial charge in [0.25, 0.3) is 5.91 Å². The highest BCUT2D eigenvalue weighted by molar-refractivity contribution is 7.16. The molecule has 2 heterocycles. The minimum absolute atomic E-state index is 0.0707. The summed E-state index contributed by atoms with van der Waals surface area (Å²) in [7, 11) is 4.67. The monoisotopic (exact) mass is 603 g/mol. The third-order valence-corrected chi connectivity index (χ3v) is 10.1. The van der Waals surface area contributed by atoms with Gasteiger partial charge >= 0.3 is 5.97 Å². The molecule has 1 fully saturated rings. The van der Waals surface area contributed by atoms with Gasteiger partial charge in [0.2, 0.25) is 0 Å². The van der Waals surface area contributed by atoms with Crippen LogP contribution in [0, 0.1) is 26.7 Å². The molecular formula is C34H41N3O5S. The van der Waals surface area contributed by atoms with Crippen molar-refractivity contribution < 1.29 is 23.8 Å². The predicted octanol–water partition coefficient (Wildman–Crippen LogP) is 7.82. The van der Waals surface area contributed by atoms with Gasteiger partial charge in [-0.05, 0) is 92.5 Å². The Balaban J connectivity index is 1.58. The first kappa shape index (κ1) is 30.6. The van der Waals surface area contributed by atoms with E-state index in [1.165, 1.54) is 50.6 Å². The van der Waals surface area contributed by atoms with Crippen LogP contribution in [0.4, 0.5) is 5.13 Å². The Morgan fingerprint density at radius 1 is 0.953 bits per heavy atom. The van der Waals surface area contributed by atoms with Crippen molar-refractivity contribution >= 4 is 39.2 Å². The Hall–Kier alpha value is -3.85. The molecule has 9 heteroatoms. The lowest BCUT2D eigenvalue weighted by Gasteiger charge is -2.27. The number of nitrogens with zero attached hydrogens (tertiary/aromatic N) is 2. The van der Waals surface area contributed by atoms with Gasteiger partial charge in [0.1, 0.15) is 23.7 Å². The number of aryl methyl sites for hydroxylation is 3. The molecule has 43 heavy (non-hydrogen) atoms. The SMILES string of the molecule is COC(=O)Cn1c(C(=O)Nc2nc(-c3cc(OC)c(C)cc3OC)c(C(C)C3CCCCC3)s2)cc2cc(C)c(C)cc21. The van der Waals surface area contributed by atoms with E-state index in [2.05, 4.69) is 12.2 Å². The zero-order valence-electron chi connectivity index (χ0n) is 26.1. The van der Waals surface area contributed by atoms with E-state index >= 15 is 0 Å². The topological polar surface area (TPSA) is 91.7 Å². The number of anilines is 1. The average Bonchev–Trinajstić information content (AvgIpc) is 3.58. The number of hydrogen-bond acceptors (Lipinski definition) is 7. The maximum Gasteiger partial charge on any atom is 0.325 e. The van der Waals surface area contributed by atoms with Crippen LogP contribution >= 0.6 is 11.3 Å². The van der Waals surface area contributed by atoms with Gasteiger partial charge in [0.05, 0.1) is 27.0 Å². The molecule has 0 aliphatic heterocycles. The van der Waals surface area contributed by atoms with Gasteiger partial charge < -0.3 is 18.8 Å². The third-order valence-electron chi connectivity index (χ3n) is 8.88. The Morgan fingerprint density at radius 2 is 1.65 bits per heavy atom. The second-order valence-corrected chi connectivity index (χ2v) is 12.6. The first-order valence-corrected chi connectivity index (χ1v) is 15.7. The van der Waals surface area contributed by atoms with E-state index in [1.54, 1.807) is 18.8 Å². The number of aromatic nitrogens is 2. The van der Waals surface area contributed by atoms with Gasteiger partial charge in [-0.2, -0.15) is 0 Å². The van der Waals surface area contributed by atoms with E-state index in [4.69, 9.17) is 19.2 Å². The van der Waals surface area contributed by atoms with Crippen molar-refractivity contribution in [3.63, 3.8) is 0 Å². The number of carbonyl (C=O) groups excluding carboxylic acids is 2. The largest absolute Gasteiger partial charge is 0.496 e. The molecule has 1 N–H and O–H groups in total. The zero-order chi connectivity index (χ0) is 30.8. The number of carbonyl (C=O) groups is 2. The van der Waals surface area contributed by atoms with Crippen molar-refractivity contribution in [1.29, 1.82) is 0 Å². The first-order valence-electron chi connectivity index (χ1n) is 14.9. The van der Waals surface area contributed by atoms with Crippen LogP contribution in [0.1, 0.15) is 77.0 Å². The summed E-state index contributed by atoms with van der Waals surface area (Å²) in [5.74, 6) is 1.51. The Bertz CT molecular complexity index is 1660. The summed E-state index contributed by atoms with van der Waals surface area (Å²) in [5, 5.41) is 4.46. The third kappa shape index (κ3) is 6.13. The molecule has 4 aromatic rings. The van der Waals surface area contributed by atoms with Crippen LogP contribution < -0.4 is 14.8 Å². The van der Waals surface area contributed by atoms with Crippen molar-refractivity contribution in [3.05, 3.63) is 57.6 Å². The van der Waals surface area contributed by atoms with E-state index < -0.39 is 5.97 Å². The lowest BCUT2D eigenvalue weighted by Crippen LogP contribution is -2.20. The van der Waals surface area contributed by atoms with E-state index in [0.717, 1.165) is 49.5 Å². The number of amides is 1. The normalized spacial score (nSPS) is 14.5. The number of hydrogen-bond donors (Lipinski definition) is 1. The summed E-state index contributed by atoms with van der Waals surface area (Å²) >= 11 is 1.51. The summed E-state index contributed by atoms with van der Waals surface area (Å²) in [6.45, 7) is 8.24. The molecular weight excluding hydrogens is 562 g/mol. The van der Waals surface area contributed by atoms with E-state index in [1.807, 2.05) is 51.1 Å². The number of ether oxygens (including phenoxy) is 3. The molecule has 8 nitrogen and oxygen atoms in total. The minimum atomic E-state index is -0.426. The van der Waals surface area contributed by atoms with Gasteiger partial charge in [-0.1, -0.05) is 26.2 Å². The molecule has 2 aromatic heterocycles. The highest BCUT2D eigenvalue weighted by atomic mass is 32.1. The average molecular weight is 604 g/mol. The second kappa shape index (κ2) is 12.8. The fraction of sp³-hybridized carbons (Fsp3) is 0.441. The van der Waals surface area contributed by atoms with Crippen LogP contribution in [-0.4, -0.2) is 42.8 Å². The number of esters is 1. The Labute approximate surface area is 257 Å². The molecule has 1 unspecified atom stereocenters. The molecule has 1 aliphatic rings. The van der Waals surface area contributed by atoms with E-state index in [9.17, 15) is 9.59 Å². The maximum atomic E-state index is 13.9. The fourth-order valence-corrected chi connectivity index (χ4v) is 7.33. The lowest BCUT2D eigenvalue weighted by molar-refractivity contribution is -0.141. The van der Waals surface area contributed by atoms with Gasteiger partial charge in [0.15, 0.2) is 5.13 Å². The lowest BCUT2D eigenvalue weighted by atomic mass is 9.79. The number of fused-ring (bicyclic) bond motifs is 1. The van der Waals surface area contributed by atoms with Gasteiger partial charge in [-0.15, -0.1) is 11.3 Å². The van der Waals surface area contributed by atoms with E-state index in [0.29, 0.717) is 22.5 Å². The Morgan fingerprint density at radius 3 is 2.33 bits per heavy atom. The zero-order valence-corrected chi connectivity index (χ0v) is 26.9. The van der Waals surface area contributed by atoms with Crippen LogP contribution in [0.15, 0.2) is 30.3 Å². The number of benzene rings is 2. The molecule has 1 atom stereocenters. The summed E-state index contributed by atoms with van der Waals surface area (Å²) in [6, 6.07) is 9.82. The van der Waals surface area contributed by atoms with Crippen LogP contribution in [0.2, 0.25) is 0 Å². The standard InChI is InChI=1S/C34H41N3O5S/c1-19-13-24-16-27(37(18-30(38)42-7)26(24)14-20(19)2)33(39)36-34-35-31(25-17-28(40-5)21(3)15-29(25)41-6)32(43-34)22(4)23-11-9-8-10-12-23/h13-17,22-23H,8-12,18H2,1-7H3,(H,35,36,39). The van der Waals surface area contributed by atoms with Crippen LogP contribution in [0.25, 0.3) is 22.2 Å². The summed E-state index contributed by atoms with van der Waals surface area (Å²) in [5.41, 5.74) is 5.98. The van der Waals surface area contributed by atoms with Crippen LogP contribution in [-0.2, 0) is 16.1 Å². The quantitative estimate of drug-likeness (QED) is 0.196. The van der Waals surface area contributed by atoms with Crippen molar-refractivity contribution in [1.82, 2.24) is 9.55 Å². The molecule has 1 amide bonds. The fourth-order valence-electron chi connectivity index (χ4n) is 6.21. The summed E-state index contributed by atoms with van der Waals surface area (Å²) < 4.78 is 18.1. The molecule has 5 rings (SSSR count). The van der Waals surface area contributed by atoms with Crippen molar-refractivity contribution in [2.75, 3.05) is 26.6 Å². The molecule has 0 radical (unpaired) electrons. The first-order chi connectivity index (χ1) is 20.6. The second-order valence-electron chi connectivity index (χ2n) is 11.6. The highest BCUT2D eigenvalue weighted by Crippen LogP contribution is 2.46. The number of thiazole rings is 1. The number of rotatable bonds is 9. The predicted molar refractivity (Wildman–Crippen MR) is 172 cm³/mol. The molecule has 2 aromatic carbocycles. The van der Waals surface area contributed by atoms with Gasteiger partial charge in [0, 0.05) is 21.3 Å². The van der Waals surface area contributed by atoms with Crippen LogP contribution in [0.3, 0.4) is 0 Å². The smallest absolute Gasteiger partial charge is 0.325 e. The van der Waals surface area contributed by atoms with E-state index in [-0.39, 0.29) is 18.4 Å². The highest BCUT2D eigenvalue weighted by Gasteiger charge is 2.29. The number of nitrogens with one attached hydrogen (secondary N) is 1. The molecule has 0 spiro atoms. The van der Waals surface area contributed by atoms with Crippen molar-refractivity contribution in [2.24, 2.45) is 5.92 Å². The minimum Gasteiger partial charge on any atom is -0.496 e. The molecule has 0 saturated heterocycles. The Kier molecular flexibility index (Phi) is 9.11. The van der Waals surface area contributed by atoms with Crippen LogP contribution in [0.5, 0.6) is 11.5 Å². The van der Waals surface area contributed by atoms with Gasteiger partial charge in [-0.25, -0.2) is 4.98 Å². The number of methoxy groups -OCH3 is 3. The molecule has 1 saturated carbocycles. The molecule has 228 valence electrons. The summed E-state index contributed by atoms with van der Waals surface area (Å²) in [4.78, 5) is 32.4.